The molecule has 0 saturated heterocycles. The van der Waals surface area contributed by atoms with Crippen molar-refractivity contribution in [3.8, 4) is 0 Å². The average Bonchev–Trinajstić information content (AvgIpc) is 3.04. The van der Waals surface area contributed by atoms with E-state index in [0.717, 1.165) is 11.6 Å². The first kappa shape index (κ1) is 18.7. The van der Waals surface area contributed by atoms with Gasteiger partial charge in [-0.05, 0) is 31.2 Å². The molecule has 140 valence electrons. The van der Waals surface area contributed by atoms with Crippen LogP contribution in [0.5, 0.6) is 0 Å². The first-order chi connectivity index (χ1) is 12.7. The Morgan fingerprint density at radius 1 is 1.00 bits per heavy atom. The van der Waals surface area contributed by atoms with Gasteiger partial charge in [0.2, 0.25) is 5.91 Å². The van der Waals surface area contributed by atoms with Crippen molar-refractivity contribution in [3.05, 3.63) is 65.4 Å². The number of benzene rings is 2. The molecular formula is C20H17F3N2O2. The van der Waals surface area contributed by atoms with E-state index in [2.05, 4.69) is 10.3 Å². The van der Waals surface area contributed by atoms with E-state index in [1.165, 1.54) is 18.2 Å². The van der Waals surface area contributed by atoms with Gasteiger partial charge in [0.05, 0.1) is 0 Å². The fourth-order valence-electron chi connectivity index (χ4n) is 2.70. The number of aromatic nitrogens is 1. The van der Waals surface area contributed by atoms with E-state index in [0.29, 0.717) is 22.2 Å². The summed E-state index contributed by atoms with van der Waals surface area (Å²) in [4.78, 5) is 26.4. The predicted molar refractivity (Wildman–Crippen MR) is 96.7 cm³/mol. The first-order valence-electron chi connectivity index (χ1n) is 8.32. The van der Waals surface area contributed by atoms with Crippen molar-refractivity contribution in [1.82, 2.24) is 4.98 Å². The zero-order chi connectivity index (χ0) is 19.6. The van der Waals surface area contributed by atoms with Gasteiger partial charge in [0.25, 0.3) is 0 Å². The molecule has 2 N–H and O–H groups in total. The summed E-state index contributed by atoms with van der Waals surface area (Å²) in [6.45, 7) is 1.92. The van der Waals surface area contributed by atoms with Crippen LogP contribution < -0.4 is 5.32 Å². The third-order valence-electron chi connectivity index (χ3n) is 4.16. The standard InChI is InChI=1S/C20H17F3N2O2/c1-12-2-4-13(5-3-12)17(26)8-9-19(27)24-15-6-7-16-14(10-15)11-18(25-16)20(21,22)23/h2-7,10-11,25H,8-9H2,1H3,(H,24,27). The Labute approximate surface area is 153 Å². The fourth-order valence-corrected chi connectivity index (χ4v) is 2.70. The fraction of sp³-hybridized carbons (Fsp3) is 0.200. The minimum atomic E-state index is -4.46. The van der Waals surface area contributed by atoms with Crippen LogP contribution in [0.15, 0.2) is 48.5 Å². The van der Waals surface area contributed by atoms with Crippen LogP contribution in [0.2, 0.25) is 0 Å². The van der Waals surface area contributed by atoms with Crippen molar-refractivity contribution in [3.63, 3.8) is 0 Å². The Morgan fingerprint density at radius 3 is 2.37 bits per heavy atom. The number of aromatic amines is 1. The number of ketones is 1. The lowest BCUT2D eigenvalue weighted by Gasteiger charge is -2.05. The average molecular weight is 374 g/mol. The number of anilines is 1. The van der Waals surface area contributed by atoms with Gasteiger partial charge in [0.1, 0.15) is 5.69 Å². The quantitative estimate of drug-likeness (QED) is 0.611. The Morgan fingerprint density at radius 2 is 1.70 bits per heavy atom. The lowest BCUT2D eigenvalue weighted by molar-refractivity contribution is -0.140. The Bertz CT molecular complexity index is 989. The molecule has 4 nitrogen and oxygen atoms in total. The lowest BCUT2D eigenvalue weighted by atomic mass is 10.0. The van der Waals surface area contributed by atoms with E-state index >= 15 is 0 Å². The molecule has 1 aromatic heterocycles. The highest BCUT2D eigenvalue weighted by Gasteiger charge is 2.32. The Kier molecular flexibility index (Phi) is 5.03. The van der Waals surface area contributed by atoms with E-state index in [9.17, 15) is 22.8 Å². The molecule has 0 aliphatic heterocycles. The molecule has 1 heterocycles. The van der Waals surface area contributed by atoms with E-state index in [1.807, 2.05) is 19.1 Å². The van der Waals surface area contributed by atoms with Crippen molar-refractivity contribution < 1.29 is 22.8 Å². The summed E-state index contributed by atoms with van der Waals surface area (Å²) in [5.74, 6) is -0.512. The lowest BCUT2D eigenvalue weighted by Crippen LogP contribution is -2.13. The number of H-pyrrole nitrogens is 1. The van der Waals surface area contributed by atoms with Gasteiger partial charge in [-0.3, -0.25) is 9.59 Å². The van der Waals surface area contributed by atoms with E-state index in [1.54, 1.807) is 12.1 Å². The second kappa shape index (κ2) is 7.26. The van der Waals surface area contributed by atoms with Crippen molar-refractivity contribution >= 4 is 28.3 Å². The second-order valence-corrected chi connectivity index (χ2v) is 6.32. The van der Waals surface area contributed by atoms with E-state index in [4.69, 9.17) is 0 Å². The largest absolute Gasteiger partial charge is 0.431 e. The Hall–Kier alpha value is -3.09. The van der Waals surface area contributed by atoms with Crippen molar-refractivity contribution in [2.45, 2.75) is 25.9 Å². The van der Waals surface area contributed by atoms with Crippen LogP contribution in [-0.4, -0.2) is 16.7 Å². The normalized spacial score (nSPS) is 11.6. The Balaban J connectivity index is 1.62. The molecule has 7 heteroatoms. The minimum Gasteiger partial charge on any atom is -0.351 e. The van der Waals surface area contributed by atoms with Crippen molar-refractivity contribution in [2.75, 3.05) is 5.32 Å². The molecule has 0 atom stereocenters. The highest BCUT2D eigenvalue weighted by Crippen LogP contribution is 2.31. The van der Waals surface area contributed by atoms with Crippen molar-refractivity contribution in [1.29, 1.82) is 0 Å². The molecule has 0 radical (unpaired) electrons. The van der Waals surface area contributed by atoms with Crippen LogP contribution >= 0.6 is 0 Å². The van der Waals surface area contributed by atoms with Gasteiger partial charge in [-0.25, -0.2) is 0 Å². The summed E-state index contributed by atoms with van der Waals surface area (Å²) in [6.07, 6.45) is -4.41. The van der Waals surface area contributed by atoms with Gasteiger partial charge in [-0.15, -0.1) is 0 Å². The number of alkyl halides is 3. The summed E-state index contributed by atoms with van der Waals surface area (Å²) in [7, 11) is 0. The predicted octanol–water partition coefficient (Wildman–Crippen LogP) is 5.10. The number of rotatable bonds is 5. The van der Waals surface area contributed by atoms with Gasteiger partial charge < -0.3 is 10.3 Å². The maximum atomic E-state index is 12.7. The summed E-state index contributed by atoms with van der Waals surface area (Å²) in [6, 6.07) is 12.5. The van der Waals surface area contributed by atoms with Crippen LogP contribution in [0.4, 0.5) is 18.9 Å². The number of nitrogens with one attached hydrogen (secondary N) is 2. The first-order valence-corrected chi connectivity index (χ1v) is 8.32. The van der Waals surface area contributed by atoms with Crippen LogP contribution in [-0.2, 0) is 11.0 Å². The van der Waals surface area contributed by atoms with Crippen LogP contribution in [0.25, 0.3) is 10.9 Å². The van der Waals surface area contributed by atoms with Crippen LogP contribution in [0, 0.1) is 6.92 Å². The highest BCUT2D eigenvalue weighted by atomic mass is 19.4. The summed E-state index contributed by atoms with van der Waals surface area (Å²) < 4.78 is 38.2. The number of halogens is 3. The molecule has 0 saturated carbocycles. The molecule has 0 unspecified atom stereocenters. The van der Waals surface area contributed by atoms with E-state index in [-0.39, 0.29) is 24.5 Å². The number of Topliss-reactive ketones (excluding diaryl/α,β-unsaturated/α-hetero) is 1. The molecule has 2 aromatic carbocycles. The highest BCUT2D eigenvalue weighted by molar-refractivity contribution is 6.00. The molecule has 0 aliphatic rings. The maximum absolute atomic E-state index is 12.7. The second-order valence-electron chi connectivity index (χ2n) is 6.32. The third-order valence-corrected chi connectivity index (χ3v) is 4.16. The summed E-state index contributed by atoms with van der Waals surface area (Å²) in [5.41, 5.74) is 1.45. The van der Waals surface area contributed by atoms with Crippen LogP contribution in [0.1, 0.15) is 34.5 Å². The molecule has 3 rings (SSSR count). The number of carbonyl (C=O) groups excluding carboxylic acids is 2. The number of hydrogen-bond donors (Lipinski definition) is 2. The number of aryl methyl sites for hydroxylation is 1. The monoisotopic (exact) mass is 374 g/mol. The molecular weight excluding hydrogens is 357 g/mol. The maximum Gasteiger partial charge on any atom is 0.431 e. The summed E-state index contributed by atoms with van der Waals surface area (Å²) in [5, 5.41) is 2.96. The van der Waals surface area contributed by atoms with Crippen molar-refractivity contribution in [2.24, 2.45) is 0 Å². The zero-order valence-electron chi connectivity index (χ0n) is 14.5. The molecule has 1 amide bonds. The zero-order valence-corrected chi connectivity index (χ0v) is 14.5. The molecule has 0 aliphatic carbocycles. The third kappa shape index (κ3) is 4.55. The van der Waals surface area contributed by atoms with Crippen LogP contribution in [0.3, 0.4) is 0 Å². The number of hydrogen-bond acceptors (Lipinski definition) is 2. The van der Waals surface area contributed by atoms with Gasteiger partial charge >= 0.3 is 6.18 Å². The van der Waals surface area contributed by atoms with E-state index < -0.39 is 11.9 Å². The number of amides is 1. The van der Waals surface area contributed by atoms with Gasteiger partial charge in [-0.1, -0.05) is 29.8 Å². The van der Waals surface area contributed by atoms with Gasteiger partial charge in [0.15, 0.2) is 5.78 Å². The molecule has 0 spiro atoms. The molecule has 0 fully saturated rings. The number of fused-ring (bicyclic) bond motifs is 1. The molecule has 27 heavy (non-hydrogen) atoms. The molecule has 3 aromatic rings. The summed E-state index contributed by atoms with van der Waals surface area (Å²) >= 11 is 0. The van der Waals surface area contributed by atoms with Gasteiger partial charge in [-0.2, -0.15) is 13.2 Å². The number of carbonyl (C=O) groups is 2. The minimum absolute atomic E-state index is 0.00825. The smallest absolute Gasteiger partial charge is 0.351 e. The topological polar surface area (TPSA) is 62.0 Å². The molecule has 0 bridgehead atoms. The SMILES string of the molecule is Cc1ccc(C(=O)CCC(=O)Nc2ccc3[nH]c(C(F)(F)F)cc3c2)cc1. The van der Waals surface area contributed by atoms with Gasteiger partial charge in [0, 0.05) is 35.0 Å².